The lowest BCUT2D eigenvalue weighted by molar-refractivity contribution is -0.132. The summed E-state index contributed by atoms with van der Waals surface area (Å²) in [4.78, 5) is 10.8. The number of aliphatic carboxylic acids is 1. The van der Waals surface area contributed by atoms with Gasteiger partial charge < -0.3 is 5.11 Å². The molecule has 0 radical (unpaired) electrons. The minimum absolute atomic E-state index is 0.401. The van der Waals surface area contributed by atoms with Gasteiger partial charge in [0.05, 0.1) is 5.69 Å². The summed E-state index contributed by atoms with van der Waals surface area (Å²) in [7, 11) is 0. The predicted molar refractivity (Wildman–Crippen MR) is 54.0 cm³/mol. The Kier molecular flexibility index (Phi) is 3.06. The first-order valence-corrected chi connectivity index (χ1v) is 4.51. The van der Waals surface area contributed by atoms with E-state index >= 15 is 0 Å². The maximum Gasteiger partial charge on any atom is 0.331 e. The Morgan fingerprint density at radius 2 is 2.21 bits per heavy atom. The van der Waals surface area contributed by atoms with E-state index < -0.39 is 5.97 Å². The van der Waals surface area contributed by atoms with Crippen molar-refractivity contribution in [3.8, 4) is 0 Å². The average molecular weight is 194 g/mol. The molecule has 1 heterocycles. The summed E-state index contributed by atoms with van der Waals surface area (Å²) >= 11 is 0. The third kappa shape index (κ3) is 2.02. The molecule has 14 heavy (non-hydrogen) atoms. The van der Waals surface area contributed by atoms with Crippen LogP contribution in [-0.2, 0) is 4.79 Å². The van der Waals surface area contributed by atoms with Crippen LogP contribution in [0.4, 0.5) is 0 Å². The number of nitrogens with one attached hydrogen (secondary N) is 1. The third-order valence-electron chi connectivity index (χ3n) is 2.16. The molecule has 0 atom stereocenters. The highest BCUT2D eigenvalue weighted by molar-refractivity contribution is 5.92. The number of hydrogen-bond donors (Lipinski definition) is 2. The molecule has 0 aliphatic rings. The van der Waals surface area contributed by atoms with Gasteiger partial charge in [-0.25, -0.2) is 4.79 Å². The van der Waals surface area contributed by atoms with Gasteiger partial charge in [-0.2, -0.15) is 5.10 Å². The van der Waals surface area contributed by atoms with Crippen LogP contribution in [-0.4, -0.2) is 21.3 Å². The average Bonchev–Trinajstić information content (AvgIpc) is 2.43. The number of H-pyrrole nitrogens is 1. The van der Waals surface area contributed by atoms with Crippen LogP contribution in [0.1, 0.15) is 30.3 Å². The Bertz CT molecular complexity index is 358. The molecule has 0 aromatic carbocycles. The molecular formula is C10H14N2O2. The first kappa shape index (κ1) is 10.5. The second-order valence-electron chi connectivity index (χ2n) is 3.18. The van der Waals surface area contributed by atoms with E-state index in [-0.39, 0.29) is 0 Å². The molecule has 0 aliphatic carbocycles. The molecule has 76 valence electrons. The summed E-state index contributed by atoms with van der Waals surface area (Å²) in [5.41, 5.74) is 3.01. The Labute approximate surface area is 82.6 Å². The van der Waals surface area contributed by atoms with E-state index in [4.69, 9.17) is 5.11 Å². The molecule has 0 spiro atoms. The summed E-state index contributed by atoms with van der Waals surface area (Å²) in [6, 6.07) is 0. The molecule has 0 aliphatic heterocycles. The van der Waals surface area contributed by atoms with Gasteiger partial charge in [0.15, 0.2) is 0 Å². The zero-order valence-electron chi connectivity index (χ0n) is 8.59. The fourth-order valence-electron chi connectivity index (χ4n) is 1.26. The molecule has 4 nitrogen and oxygen atoms in total. The van der Waals surface area contributed by atoms with Gasteiger partial charge in [0.25, 0.3) is 0 Å². The molecular weight excluding hydrogens is 180 g/mol. The van der Waals surface area contributed by atoms with E-state index in [0.717, 1.165) is 17.0 Å². The van der Waals surface area contributed by atoms with Crippen LogP contribution in [0.3, 0.4) is 0 Å². The van der Waals surface area contributed by atoms with Gasteiger partial charge in [-0.1, -0.05) is 6.92 Å². The van der Waals surface area contributed by atoms with E-state index in [9.17, 15) is 4.79 Å². The van der Waals surface area contributed by atoms with Gasteiger partial charge in [0.1, 0.15) is 0 Å². The molecule has 0 saturated heterocycles. The molecule has 4 heteroatoms. The quantitative estimate of drug-likeness (QED) is 0.722. The van der Waals surface area contributed by atoms with Crippen molar-refractivity contribution in [2.45, 2.75) is 27.2 Å². The summed E-state index contributed by atoms with van der Waals surface area (Å²) in [5.74, 6) is -0.868. The van der Waals surface area contributed by atoms with Crippen molar-refractivity contribution in [3.05, 3.63) is 22.5 Å². The van der Waals surface area contributed by atoms with E-state index in [2.05, 4.69) is 10.2 Å². The molecule has 0 unspecified atom stereocenters. The van der Waals surface area contributed by atoms with Crippen LogP contribution in [0.5, 0.6) is 0 Å². The van der Waals surface area contributed by atoms with Gasteiger partial charge in [0, 0.05) is 16.8 Å². The van der Waals surface area contributed by atoms with Crippen molar-refractivity contribution in [3.63, 3.8) is 0 Å². The normalized spacial score (nSPS) is 11.8. The number of carbonyl (C=O) groups is 1. The van der Waals surface area contributed by atoms with Crippen LogP contribution >= 0.6 is 0 Å². The summed E-state index contributed by atoms with van der Waals surface area (Å²) in [5, 5.41) is 15.7. The van der Waals surface area contributed by atoms with Crippen molar-refractivity contribution in [2.24, 2.45) is 0 Å². The Morgan fingerprint density at radius 3 is 2.57 bits per heavy atom. The molecule has 0 fully saturated rings. The zero-order chi connectivity index (χ0) is 10.7. The van der Waals surface area contributed by atoms with Crippen molar-refractivity contribution in [2.75, 3.05) is 0 Å². The first-order valence-electron chi connectivity index (χ1n) is 4.51. The van der Waals surface area contributed by atoms with Gasteiger partial charge in [-0.05, 0) is 26.3 Å². The number of aromatic nitrogens is 2. The van der Waals surface area contributed by atoms with Gasteiger partial charge in [-0.15, -0.1) is 0 Å². The molecule has 1 aromatic rings. The van der Waals surface area contributed by atoms with Crippen molar-refractivity contribution >= 4 is 12.0 Å². The SMILES string of the molecule is CC/C(=C\c1c(C)n[nH]c1C)C(=O)O. The van der Waals surface area contributed by atoms with E-state index in [1.165, 1.54) is 0 Å². The second-order valence-corrected chi connectivity index (χ2v) is 3.18. The number of hydrogen-bond acceptors (Lipinski definition) is 2. The first-order chi connectivity index (χ1) is 6.56. The van der Waals surface area contributed by atoms with E-state index in [0.29, 0.717) is 12.0 Å². The molecule has 0 saturated carbocycles. The fraction of sp³-hybridized carbons (Fsp3) is 0.400. The number of nitrogens with zero attached hydrogens (tertiary/aromatic N) is 1. The van der Waals surface area contributed by atoms with Crippen LogP contribution in [0, 0.1) is 13.8 Å². The van der Waals surface area contributed by atoms with E-state index in [1.54, 1.807) is 6.08 Å². The van der Waals surface area contributed by atoms with Crippen molar-refractivity contribution in [1.82, 2.24) is 10.2 Å². The summed E-state index contributed by atoms with van der Waals surface area (Å²) < 4.78 is 0. The highest BCUT2D eigenvalue weighted by Gasteiger charge is 2.08. The highest BCUT2D eigenvalue weighted by Crippen LogP contribution is 2.15. The van der Waals surface area contributed by atoms with Crippen LogP contribution < -0.4 is 0 Å². The smallest absolute Gasteiger partial charge is 0.331 e. The minimum Gasteiger partial charge on any atom is -0.478 e. The third-order valence-corrected chi connectivity index (χ3v) is 2.16. The standard InChI is InChI=1S/C10H14N2O2/c1-4-8(10(13)14)5-9-6(2)11-12-7(9)3/h5H,4H2,1-3H3,(H,11,12)(H,13,14)/b8-5+. The molecule has 1 aromatic heterocycles. The Balaban J connectivity index is 3.12. The van der Waals surface area contributed by atoms with E-state index in [1.807, 2.05) is 20.8 Å². The topological polar surface area (TPSA) is 66.0 Å². The molecule has 1 rings (SSSR count). The lowest BCUT2D eigenvalue weighted by Crippen LogP contribution is -1.99. The fourth-order valence-corrected chi connectivity index (χ4v) is 1.26. The maximum atomic E-state index is 10.8. The monoisotopic (exact) mass is 194 g/mol. The number of aryl methyl sites for hydroxylation is 2. The zero-order valence-corrected chi connectivity index (χ0v) is 8.59. The number of carboxylic acid groups (broad SMARTS) is 1. The molecule has 0 bridgehead atoms. The molecule has 2 N–H and O–H groups in total. The van der Waals surface area contributed by atoms with Gasteiger partial charge >= 0.3 is 5.97 Å². The maximum absolute atomic E-state index is 10.8. The Morgan fingerprint density at radius 1 is 1.57 bits per heavy atom. The van der Waals surface area contributed by atoms with Crippen molar-refractivity contribution in [1.29, 1.82) is 0 Å². The van der Waals surface area contributed by atoms with Crippen LogP contribution in [0.2, 0.25) is 0 Å². The van der Waals surface area contributed by atoms with Crippen molar-refractivity contribution < 1.29 is 9.90 Å². The number of rotatable bonds is 3. The number of aromatic amines is 1. The number of carboxylic acids is 1. The van der Waals surface area contributed by atoms with Crippen LogP contribution in [0.25, 0.3) is 6.08 Å². The second kappa shape index (κ2) is 4.09. The summed E-state index contributed by atoms with van der Waals surface area (Å²) in [6.07, 6.45) is 2.19. The summed E-state index contributed by atoms with van der Waals surface area (Å²) in [6.45, 7) is 5.55. The van der Waals surface area contributed by atoms with Gasteiger partial charge in [-0.3, -0.25) is 5.10 Å². The van der Waals surface area contributed by atoms with Crippen LogP contribution in [0.15, 0.2) is 5.57 Å². The molecule has 0 amide bonds. The largest absolute Gasteiger partial charge is 0.478 e. The van der Waals surface area contributed by atoms with Gasteiger partial charge in [0.2, 0.25) is 0 Å². The minimum atomic E-state index is -0.868. The Hall–Kier alpha value is -1.58. The highest BCUT2D eigenvalue weighted by atomic mass is 16.4. The lowest BCUT2D eigenvalue weighted by atomic mass is 10.1. The lowest BCUT2D eigenvalue weighted by Gasteiger charge is -1.98. The predicted octanol–water partition coefficient (Wildman–Crippen LogP) is 1.90.